The molecule has 0 aromatic carbocycles. The van der Waals surface area contributed by atoms with Gasteiger partial charge in [-0.2, -0.15) is 15.2 Å². The molecule has 1 amide bonds. The highest BCUT2D eigenvalue weighted by Crippen LogP contribution is 2.31. The first-order chi connectivity index (χ1) is 18.8. The molecule has 0 bridgehead atoms. The van der Waals surface area contributed by atoms with Crippen LogP contribution in [0.3, 0.4) is 0 Å². The summed E-state index contributed by atoms with van der Waals surface area (Å²) in [5.41, 5.74) is 2.62. The molecule has 1 atom stereocenters. The predicted octanol–water partition coefficient (Wildman–Crippen LogP) is 3.31. The topological polar surface area (TPSA) is 163 Å². The van der Waals surface area contributed by atoms with Crippen LogP contribution in [0.5, 0.6) is 5.75 Å². The Morgan fingerprint density at radius 1 is 1.21 bits per heavy atom. The Balaban J connectivity index is 1.63. The highest BCUT2D eigenvalue weighted by Gasteiger charge is 2.25. The van der Waals surface area contributed by atoms with Gasteiger partial charge in [0.25, 0.3) is 0 Å². The Morgan fingerprint density at radius 3 is 2.62 bits per heavy atom. The minimum atomic E-state index is -1.26. The van der Waals surface area contributed by atoms with Crippen LogP contribution < -0.4 is 15.4 Å². The summed E-state index contributed by atoms with van der Waals surface area (Å²) < 4.78 is 7.42. The maximum absolute atomic E-state index is 11.3. The van der Waals surface area contributed by atoms with Crippen LogP contribution in [-0.4, -0.2) is 90.0 Å². The fourth-order valence-electron chi connectivity index (χ4n) is 5.11. The van der Waals surface area contributed by atoms with E-state index in [-0.39, 0.29) is 25.1 Å². The molecule has 3 aromatic heterocycles. The second-order valence-electron chi connectivity index (χ2n) is 10.2. The summed E-state index contributed by atoms with van der Waals surface area (Å²) in [6, 6.07) is 2.46. The van der Waals surface area contributed by atoms with Crippen molar-refractivity contribution in [1.82, 2.24) is 34.8 Å². The summed E-state index contributed by atoms with van der Waals surface area (Å²) in [7, 11) is 1.62. The number of fused-ring (bicyclic) bond motifs is 1. The van der Waals surface area contributed by atoms with Crippen molar-refractivity contribution >= 4 is 28.9 Å². The lowest BCUT2D eigenvalue weighted by molar-refractivity contribution is 0.170. The maximum atomic E-state index is 11.3. The van der Waals surface area contributed by atoms with E-state index in [1.165, 1.54) is 0 Å². The van der Waals surface area contributed by atoms with Gasteiger partial charge in [-0.15, -0.1) is 5.10 Å². The molecule has 39 heavy (non-hydrogen) atoms. The highest BCUT2D eigenvalue weighted by atomic mass is 16.5. The van der Waals surface area contributed by atoms with Gasteiger partial charge in [0.05, 0.1) is 25.5 Å². The summed E-state index contributed by atoms with van der Waals surface area (Å²) in [5, 5.41) is 37.9. The van der Waals surface area contributed by atoms with E-state index < -0.39 is 6.09 Å². The number of carboxylic acid groups (broad SMARTS) is 1. The van der Waals surface area contributed by atoms with Gasteiger partial charge in [0.15, 0.2) is 5.82 Å². The molecule has 0 saturated carbocycles. The van der Waals surface area contributed by atoms with E-state index in [1.54, 1.807) is 18.0 Å². The predicted molar refractivity (Wildman–Crippen MR) is 147 cm³/mol. The van der Waals surface area contributed by atoms with Crippen molar-refractivity contribution in [1.29, 1.82) is 0 Å². The fourth-order valence-corrected chi connectivity index (χ4v) is 5.11. The van der Waals surface area contributed by atoms with Crippen LogP contribution in [-0.2, 0) is 6.54 Å². The number of amides is 1. The van der Waals surface area contributed by atoms with Gasteiger partial charge < -0.3 is 25.2 Å². The number of carbonyl (C=O) groups is 1. The summed E-state index contributed by atoms with van der Waals surface area (Å²) >= 11 is 0. The molecule has 1 aliphatic rings. The van der Waals surface area contributed by atoms with E-state index in [9.17, 15) is 15.0 Å². The second-order valence-corrected chi connectivity index (χ2v) is 10.2. The van der Waals surface area contributed by atoms with Crippen LogP contribution in [0.2, 0.25) is 0 Å². The number of ether oxygens (including phenoxy) is 1. The largest absolute Gasteiger partial charge is 0.495 e. The van der Waals surface area contributed by atoms with Crippen molar-refractivity contribution in [2.45, 2.75) is 77.4 Å². The number of rotatable bonds is 12. The van der Waals surface area contributed by atoms with Gasteiger partial charge in [-0.25, -0.2) is 9.78 Å². The van der Waals surface area contributed by atoms with Crippen molar-refractivity contribution < 1.29 is 19.7 Å². The van der Waals surface area contributed by atoms with Crippen molar-refractivity contribution in [2.24, 2.45) is 0 Å². The van der Waals surface area contributed by atoms with Crippen LogP contribution in [0.25, 0.3) is 11.0 Å². The molecule has 4 heterocycles. The van der Waals surface area contributed by atoms with E-state index in [0.29, 0.717) is 46.7 Å². The number of nitrogens with one attached hydrogen (secondary N) is 2. The molecular formula is C26H39N9O4. The Bertz CT molecular complexity index is 1250. The van der Waals surface area contributed by atoms with E-state index in [2.05, 4.69) is 61.6 Å². The molecule has 1 saturated heterocycles. The smallest absolute Gasteiger partial charge is 0.411 e. The van der Waals surface area contributed by atoms with Gasteiger partial charge in [0.1, 0.15) is 22.5 Å². The lowest BCUT2D eigenvalue weighted by Crippen LogP contribution is -2.38. The van der Waals surface area contributed by atoms with Crippen molar-refractivity contribution in [2.75, 3.05) is 37.4 Å². The van der Waals surface area contributed by atoms with Gasteiger partial charge in [-0.1, -0.05) is 13.3 Å². The van der Waals surface area contributed by atoms with E-state index >= 15 is 0 Å². The number of nitrogens with zero attached hydrogens (tertiary/aromatic N) is 7. The molecule has 0 spiro atoms. The average molecular weight is 542 g/mol. The molecule has 4 rings (SSSR count). The van der Waals surface area contributed by atoms with E-state index in [4.69, 9.17) is 4.74 Å². The Hall–Kier alpha value is -3.58. The van der Waals surface area contributed by atoms with E-state index in [1.807, 2.05) is 6.07 Å². The number of aliphatic hydroxyl groups is 1. The number of aromatic nitrogens is 6. The van der Waals surface area contributed by atoms with E-state index in [0.717, 1.165) is 44.5 Å². The van der Waals surface area contributed by atoms with Gasteiger partial charge in [0, 0.05) is 30.7 Å². The number of methoxy groups -OCH3 is 1. The molecule has 1 fully saturated rings. The Kier molecular flexibility index (Phi) is 9.46. The number of hydrogen-bond donors (Lipinski definition) is 4. The first-order valence-electron chi connectivity index (χ1n) is 13.6. The molecule has 0 unspecified atom stereocenters. The van der Waals surface area contributed by atoms with Gasteiger partial charge in [-0.05, 0) is 52.6 Å². The summed E-state index contributed by atoms with van der Waals surface area (Å²) in [6.07, 6.45) is 4.59. The monoisotopic (exact) mass is 541 g/mol. The van der Waals surface area contributed by atoms with Gasteiger partial charge in [0.2, 0.25) is 5.95 Å². The van der Waals surface area contributed by atoms with Crippen molar-refractivity contribution in [3.05, 3.63) is 23.7 Å². The zero-order valence-corrected chi connectivity index (χ0v) is 23.1. The minimum absolute atomic E-state index is 0.0149. The van der Waals surface area contributed by atoms with Crippen LogP contribution in [0.4, 0.5) is 16.6 Å². The van der Waals surface area contributed by atoms with Crippen LogP contribution in [0.1, 0.15) is 70.2 Å². The lowest BCUT2D eigenvalue weighted by Gasteiger charge is -2.34. The third-order valence-corrected chi connectivity index (χ3v) is 7.21. The summed E-state index contributed by atoms with van der Waals surface area (Å²) in [4.78, 5) is 22.5. The molecule has 13 heteroatoms. The molecular weight excluding hydrogens is 502 g/mol. The molecule has 0 radical (unpaired) electrons. The number of aliphatic hydroxyl groups excluding tert-OH is 1. The molecule has 3 aromatic rings. The zero-order valence-electron chi connectivity index (χ0n) is 23.1. The normalized spacial score (nSPS) is 15.5. The molecule has 212 valence electrons. The maximum Gasteiger partial charge on any atom is 0.411 e. The van der Waals surface area contributed by atoms with Crippen LogP contribution in [0.15, 0.2) is 12.3 Å². The second kappa shape index (κ2) is 13.0. The summed E-state index contributed by atoms with van der Waals surface area (Å²) in [6.45, 7) is 8.86. The Labute approximate surface area is 228 Å². The quantitative estimate of drug-likeness (QED) is 0.266. The lowest BCUT2D eigenvalue weighted by atomic mass is 9.92. The number of piperidine rings is 1. The fraction of sp³-hybridized carbons (Fsp3) is 0.615. The Morgan fingerprint density at radius 2 is 1.97 bits per heavy atom. The average Bonchev–Trinajstić information content (AvgIpc) is 3.31. The van der Waals surface area contributed by atoms with Crippen LogP contribution >= 0.6 is 0 Å². The van der Waals surface area contributed by atoms with Crippen molar-refractivity contribution in [3.63, 3.8) is 0 Å². The zero-order chi connectivity index (χ0) is 27.9. The SMILES string of the molecule is CCC[C@@H](CCO)Nc1nc(NC(=O)O)nc2cnn(Cc3nnc(C4CCN(C(C)C)CC4)cc3OC)c12. The molecule has 0 aliphatic carbocycles. The third-order valence-electron chi connectivity index (χ3n) is 7.21. The first kappa shape index (κ1) is 28.4. The molecule has 13 nitrogen and oxygen atoms in total. The molecule has 4 N–H and O–H groups in total. The number of hydrogen-bond acceptors (Lipinski definition) is 10. The summed E-state index contributed by atoms with van der Waals surface area (Å²) in [5.74, 6) is 1.35. The number of likely N-dealkylation sites (tertiary alicyclic amines) is 1. The van der Waals surface area contributed by atoms with Gasteiger partial charge >= 0.3 is 6.09 Å². The van der Waals surface area contributed by atoms with Crippen LogP contribution in [0, 0.1) is 0 Å². The minimum Gasteiger partial charge on any atom is -0.495 e. The van der Waals surface area contributed by atoms with Gasteiger partial charge in [-0.3, -0.25) is 10.00 Å². The molecule has 1 aliphatic heterocycles. The standard InChI is InChI=1S/C26H39N9O4/c1-5-6-18(9-12-36)28-24-23-20(29-25(30-24)31-26(37)38)14-27-35(23)15-21-22(39-4)13-19(32-33-21)17-7-10-34(11-8-17)16(2)3/h13-14,16-18,36H,5-12,15H2,1-4H3,(H,37,38)(H2,28,29,30,31)/t18-/m0/s1. The van der Waals surface area contributed by atoms with Crippen molar-refractivity contribution in [3.8, 4) is 5.75 Å². The highest BCUT2D eigenvalue weighted by molar-refractivity contribution is 5.89. The third kappa shape index (κ3) is 6.90. The number of anilines is 2. The first-order valence-corrected chi connectivity index (χ1v) is 13.6.